The Balaban J connectivity index is 2.51. The zero-order valence-electron chi connectivity index (χ0n) is 11.9. The van der Waals surface area contributed by atoms with Crippen LogP contribution < -0.4 is 5.11 Å². The normalized spacial score (nSPS) is 19.8. The fourth-order valence-corrected chi connectivity index (χ4v) is 4.43. The summed E-state index contributed by atoms with van der Waals surface area (Å²) in [7, 11) is -4.13. The van der Waals surface area contributed by atoms with Crippen LogP contribution in [0.25, 0.3) is 0 Å². The Hall–Kier alpha value is -2.00. The third-order valence-corrected chi connectivity index (χ3v) is 5.75. The Morgan fingerprint density at radius 3 is 2.64 bits per heavy atom. The third kappa shape index (κ3) is 2.95. The van der Waals surface area contributed by atoms with Crippen LogP contribution in [0.5, 0.6) is 0 Å². The highest BCUT2D eigenvalue weighted by atomic mass is 32.2. The summed E-state index contributed by atoms with van der Waals surface area (Å²) >= 11 is 0. The first-order chi connectivity index (χ1) is 10.2. The number of carboxylic acids is 1. The Kier molecular flexibility index (Phi) is 4.47. The summed E-state index contributed by atoms with van der Waals surface area (Å²) in [5.74, 6) is -1.45. The number of rotatable bonds is 4. The number of hydrogen-bond acceptors (Lipinski definition) is 6. The lowest BCUT2D eigenvalue weighted by Gasteiger charge is -2.35. The number of nitro groups is 1. The molecule has 0 N–H and O–H groups in total. The minimum atomic E-state index is -4.13. The molecule has 8 nitrogen and oxygen atoms in total. The summed E-state index contributed by atoms with van der Waals surface area (Å²) in [5, 5.41) is 22.0. The van der Waals surface area contributed by atoms with Gasteiger partial charge in [0.25, 0.3) is 5.69 Å². The van der Waals surface area contributed by atoms with Gasteiger partial charge in [-0.1, -0.05) is 12.5 Å². The maximum Gasteiger partial charge on any atom is 0.270 e. The van der Waals surface area contributed by atoms with Gasteiger partial charge in [0, 0.05) is 18.7 Å². The molecule has 2 rings (SSSR count). The Bertz CT molecular complexity index is 715. The van der Waals surface area contributed by atoms with Gasteiger partial charge in [-0.2, -0.15) is 4.31 Å². The van der Waals surface area contributed by atoms with Crippen molar-refractivity contribution in [2.24, 2.45) is 0 Å². The van der Waals surface area contributed by atoms with Crippen LogP contribution in [0.4, 0.5) is 5.69 Å². The highest BCUT2D eigenvalue weighted by molar-refractivity contribution is 7.89. The summed E-state index contributed by atoms with van der Waals surface area (Å²) in [6.45, 7) is 1.57. The predicted molar refractivity (Wildman–Crippen MR) is 74.4 cm³/mol. The molecular weight excluding hydrogens is 312 g/mol. The lowest BCUT2D eigenvalue weighted by molar-refractivity contribution is -0.385. The number of non-ortho nitro benzene ring substituents is 1. The molecule has 0 bridgehead atoms. The van der Waals surface area contributed by atoms with E-state index >= 15 is 0 Å². The minimum absolute atomic E-state index is 0.0586. The quantitative estimate of drug-likeness (QED) is 0.575. The maximum absolute atomic E-state index is 12.7. The first-order valence-electron chi connectivity index (χ1n) is 6.73. The number of benzene rings is 1. The van der Waals surface area contributed by atoms with Crippen LogP contribution in [0.1, 0.15) is 24.8 Å². The van der Waals surface area contributed by atoms with E-state index in [0.717, 1.165) is 10.4 Å². The van der Waals surface area contributed by atoms with Crippen LogP contribution in [0.3, 0.4) is 0 Å². The largest absolute Gasteiger partial charge is 0.548 e. The van der Waals surface area contributed by atoms with Crippen molar-refractivity contribution in [3.8, 4) is 0 Å². The van der Waals surface area contributed by atoms with Crippen LogP contribution in [0.2, 0.25) is 0 Å². The summed E-state index contributed by atoms with van der Waals surface area (Å²) in [6, 6.07) is 2.27. The lowest BCUT2D eigenvalue weighted by Crippen LogP contribution is -2.52. The number of carbonyl (C=O) groups excluding carboxylic acids is 1. The molecule has 1 aromatic rings. The van der Waals surface area contributed by atoms with Crippen molar-refractivity contribution in [1.82, 2.24) is 4.31 Å². The van der Waals surface area contributed by atoms with E-state index in [1.54, 1.807) is 0 Å². The van der Waals surface area contributed by atoms with Gasteiger partial charge < -0.3 is 9.90 Å². The van der Waals surface area contributed by atoms with Crippen molar-refractivity contribution in [3.63, 3.8) is 0 Å². The predicted octanol–water partition coefficient (Wildman–Crippen LogP) is 0.196. The topological polar surface area (TPSA) is 121 Å². The SMILES string of the molecule is Cc1ccc([N+](=O)[O-])cc1S(=O)(=O)N1CCCC[C@H]1C(=O)[O-]. The van der Waals surface area contributed by atoms with Crippen molar-refractivity contribution in [3.05, 3.63) is 33.9 Å². The van der Waals surface area contributed by atoms with Crippen molar-refractivity contribution in [2.75, 3.05) is 6.54 Å². The van der Waals surface area contributed by atoms with E-state index in [-0.39, 0.29) is 23.5 Å². The van der Waals surface area contributed by atoms with Gasteiger partial charge in [-0.05, 0) is 25.3 Å². The maximum atomic E-state index is 12.7. The van der Waals surface area contributed by atoms with E-state index in [1.807, 2.05) is 0 Å². The number of nitro benzene ring substituents is 1. The van der Waals surface area contributed by atoms with E-state index in [9.17, 15) is 28.4 Å². The average Bonchev–Trinajstić information content (AvgIpc) is 2.47. The van der Waals surface area contributed by atoms with Crippen molar-refractivity contribution in [2.45, 2.75) is 37.1 Å². The molecule has 0 spiro atoms. The molecular formula is C13H15N2O6S-. The third-order valence-electron chi connectivity index (χ3n) is 3.69. The summed E-state index contributed by atoms with van der Waals surface area (Å²) in [6.07, 6.45) is 1.31. The van der Waals surface area contributed by atoms with Gasteiger partial charge in [-0.25, -0.2) is 8.42 Å². The second-order valence-electron chi connectivity index (χ2n) is 5.15. The Morgan fingerprint density at radius 1 is 1.36 bits per heavy atom. The summed E-state index contributed by atoms with van der Waals surface area (Å²) in [4.78, 5) is 21.1. The molecule has 0 aromatic heterocycles. The first-order valence-corrected chi connectivity index (χ1v) is 8.17. The van der Waals surface area contributed by atoms with Crippen molar-refractivity contribution in [1.29, 1.82) is 0 Å². The van der Waals surface area contributed by atoms with E-state index in [1.165, 1.54) is 19.1 Å². The van der Waals surface area contributed by atoms with Gasteiger partial charge in [0.1, 0.15) is 0 Å². The number of piperidine rings is 1. The summed E-state index contributed by atoms with van der Waals surface area (Å²) < 4.78 is 26.3. The second kappa shape index (κ2) is 6.01. The van der Waals surface area contributed by atoms with Crippen LogP contribution in [0.15, 0.2) is 23.1 Å². The van der Waals surface area contributed by atoms with Gasteiger partial charge in [-0.3, -0.25) is 10.1 Å². The molecule has 0 saturated carbocycles. The monoisotopic (exact) mass is 327 g/mol. The first kappa shape index (κ1) is 16.4. The number of hydrogen-bond donors (Lipinski definition) is 0. The zero-order valence-corrected chi connectivity index (χ0v) is 12.7. The molecule has 1 saturated heterocycles. The van der Waals surface area contributed by atoms with E-state index in [4.69, 9.17) is 0 Å². The van der Waals surface area contributed by atoms with Crippen LogP contribution in [-0.2, 0) is 14.8 Å². The van der Waals surface area contributed by atoms with E-state index in [0.29, 0.717) is 18.4 Å². The molecule has 0 aliphatic carbocycles. The van der Waals surface area contributed by atoms with Gasteiger partial charge in [0.2, 0.25) is 10.0 Å². The Morgan fingerprint density at radius 2 is 2.05 bits per heavy atom. The van der Waals surface area contributed by atoms with Gasteiger partial charge in [-0.15, -0.1) is 0 Å². The van der Waals surface area contributed by atoms with E-state index < -0.39 is 27.0 Å². The van der Waals surface area contributed by atoms with E-state index in [2.05, 4.69) is 0 Å². The Labute approximate surface area is 127 Å². The number of aryl methyl sites for hydroxylation is 1. The second-order valence-corrected chi connectivity index (χ2v) is 7.01. The molecule has 1 aromatic carbocycles. The molecule has 1 aliphatic rings. The lowest BCUT2D eigenvalue weighted by atomic mass is 10.1. The van der Waals surface area contributed by atoms with Crippen molar-refractivity contribution >= 4 is 21.7 Å². The number of carboxylic acid groups (broad SMARTS) is 1. The number of nitrogens with zero attached hydrogens (tertiary/aromatic N) is 2. The molecule has 0 amide bonds. The highest BCUT2D eigenvalue weighted by Crippen LogP contribution is 2.29. The number of aliphatic carboxylic acids is 1. The van der Waals surface area contributed by atoms with Crippen LogP contribution >= 0.6 is 0 Å². The van der Waals surface area contributed by atoms with Gasteiger partial charge >= 0.3 is 0 Å². The minimum Gasteiger partial charge on any atom is -0.548 e. The smallest absolute Gasteiger partial charge is 0.270 e. The molecule has 1 aliphatic heterocycles. The molecule has 1 fully saturated rings. The van der Waals surface area contributed by atoms with Crippen LogP contribution in [0, 0.1) is 17.0 Å². The van der Waals surface area contributed by atoms with Gasteiger partial charge in [0.05, 0.1) is 21.8 Å². The summed E-state index contributed by atoms with van der Waals surface area (Å²) in [5.41, 5.74) is -0.0283. The highest BCUT2D eigenvalue weighted by Gasteiger charge is 2.35. The van der Waals surface area contributed by atoms with Crippen LogP contribution in [-0.4, -0.2) is 36.2 Å². The molecule has 22 heavy (non-hydrogen) atoms. The molecule has 0 radical (unpaired) electrons. The number of carbonyl (C=O) groups is 1. The molecule has 1 atom stereocenters. The molecule has 9 heteroatoms. The number of sulfonamides is 1. The standard InChI is InChI=1S/C13H16N2O6S/c1-9-5-6-10(15(18)19)8-12(9)22(20,21)14-7-3-2-4-11(14)13(16)17/h5-6,8,11H,2-4,7H2,1H3,(H,16,17)/p-1/t11-/m0/s1. The molecule has 120 valence electrons. The fraction of sp³-hybridized carbons (Fsp3) is 0.462. The fourth-order valence-electron chi connectivity index (χ4n) is 2.53. The van der Waals surface area contributed by atoms with Gasteiger partial charge in [0.15, 0.2) is 0 Å². The molecule has 0 unspecified atom stereocenters. The van der Waals surface area contributed by atoms with Crippen molar-refractivity contribution < 1.29 is 23.2 Å². The zero-order chi connectivity index (χ0) is 16.5. The average molecular weight is 327 g/mol. The molecule has 1 heterocycles.